The second kappa shape index (κ2) is 9.86. The summed E-state index contributed by atoms with van der Waals surface area (Å²) in [6, 6.07) is 10.3. The first-order valence-electron chi connectivity index (χ1n) is 9.01. The van der Waals surface area contributed by atoms with Crippen LogP contribution >= 0.6 is 11.6 Å². The van der Waals surface area contributed by atoms with E-state index in [1.54, 1.807) is 0 Å². The molecule has 0 spiro atoms. The zero-order valence-corrected chi connectivity index (χ0v) is 19.9. The average Bonchev–Trinajstić information content (AvgIpc) is 2.69. The molecule has 0 heterocycles. The van der Waals surface area contributed by atoms with E-state index in [1.165, 1.54) is 63.6 Å². The second-order valence-corrected chi connectivity index (χ2v) is 11.3. The van der Waals surface area contributed by atoms with E-state index in [0.717, 1.165) is 14.9 Å². The van der Waals surface area contributed by atoms with Gasteiger partial charge in [-0.3, -0.25) is 9.10 Å². The van der Waals surface area contributed by atoms with Crippen molar-refractivity contribution in [3.05, 3.63) is 53.1 Å². The molecular weight excluding hydrogens is 466 g/mol. The van der Waals surface area contributed by atoms with Crippen molar-refractivity contribution in [1.82, 2.24) is 9.62 Å². The van der Waals surface area contributed by atoms with Gasteiger partial charge in [-0.15, -0.1) is 0 Å². The summed E-state index contributed by atoms with van der Waals surface area (Å²) in [6.45, 7) is 0.329. The first-order valence-corrected chi connectivity index (χ1v) is 12.7. The highest BCUT2D eigenvalue weighted by molar-refractivity contribution is 7.92. The molecule has 1 N–H and O–H groups in total. The van der Waals surface area contributed by atoms with Gasteiger partial charge in [0.1, 0.15) is 12.4 Å². The third kappa shape index (κ3) is 6.33. The van der Waals surface area contributed by atoms with Crippen LogP contribution in [0.1, 0.15) is 10.4 Å². The number of nitrogens with one attached hydrogen (secondary N) is 1. The van der Waals surface area contributed by atoms with Crippen molar-refractivity contribution >= 4 is 43.2 Å². The Kier molecular flexibility index (Phi) is 7.93. The fraction of sp³-hybridized carbons (Fsp3) is 0.316. The zero-order valence-electron chi connectivity index (χ0n) is 17.5. The number of ether oxygens (including phenoxy) is 1. The van der Waals surface area contributed by atoms with Gasteiger partial charge in [0.2, 0.25) is 20.0 Å². The topological polar surface area (TPSA) is 113 Å². The van der Waals surface area contributed by atoms with Crippen molar-refractivity contribution in [1.29, 1.82) is 0 Å². The van der Waals surface area contributed by atoms with Gasteiger partial charge in [0.15, 0.2) is 0 Å². The van der Waals surface area contributed by atoms with Gasteiger partial charge >= 0.3 is 0 Å². The molecule has 2 aromatic carbocycles. The summed E-state index contributed by atoms with van der Waals surface area (Å²) in [6.07, 6.45) is 1.07. The van der Waals surface area contributed by atoms with Crippen LogP contribution in [0, 0.1) is 0 Å². The fourth-order valence-corrected chi connectivity index (χ4v) is 4.08. The zero-order chi connectivity index (χ0) is 23.4. The molecule has 0 aromatic heterocycles. The lowest BCUT2D eigenvalue weighted by Gasteiger charge is -2.17. The van der Waals surface area contributed by atoms with Crippen LogP contribution in [-0.2, 0) is 20.0 Å². The Hall–Kier alpha value is -2.34. The molecule has 170 valence electrons. The number of rotatable bonds is 9. The van der Waals surface area contributed by atoms with E-state index in [-0.39, 0.29) is 28.6 Å². The summed E-state index contributed by atoms with van der Waals surface area (Å²) in [4.78, 5) is 12.5. The fourth-order valence-electron chi connectivity index (χ4n) is 2.42. The van der Waals surface area contributed by atoms with Crippen LogP contribution in [0.25, 0.3) is 0 Å². The largest absolute Gasteiger partial charge is 0.492 e. The molecule has 0 aliphatic heterocycles. The molecule has 0 atom stereocenters. The number of hydrogen-bond donors (Lipinski definition) is 1. The van der Waals surface area contributed by atoms with Gasteiger partial charge in [-0.25, -0.2) is 21.1 Å². The van der Waals surface area contributed by atoms with Crippen molar-refractivity contribution in [3.63, 3.8) is 0 Å². The molecule has 1 amide bonds. The summed E-state index contributed by atoms with van der Waals surface area (Å²) in [7, 11) is -2.66. The third-order valence-electron chi connectivity index (χ3n) is 4.32. The van der Waals surface area contributed by atoms with Crippen molar-refractivity contribution in [2.75, 3.05) is 44.9 Å². The van der Waals surface area contributed by atoms with Crippen LogP contribution < -0.4 is 14.4 Å². The smallest absolute Gasteiger partial charge is 0.252 e. The lowest BCUT2D eigenvalue weighted by molar-refractivity contribution is 0.0947. The molecule has 9 nitrogen and oxygen atoms in total. The molecule has 0 aliphatic rings. The molecule has 0 radical (unpaired) electrons. The number of nitrogens with zero attached hydrogens (tertiary/aromatic N) is 2. The summed E-state index contributed by atoms with van der Waals surface area (Å²) < 4.78 is 55.0. The summed E-state index contributed by atoms with van der Waals surface area (Å²) >= 11 is 6.13. The third-order valence-corrected chi connectivity index (χ3v) is 7.66. The number of carbonyl (C=O) groups is 1. The maximum absolute atomic E-state index is 12.3. The van der Waals surface area contributed by atoms with E-state index in [4.69, 9.17) is 16.3 Å². The highest BCUT2D eigenvalue weighted by atomic mass is 35.5. The van der Waals surface area contributed by atoms with Crippen LogP contribution in [0.5, 0.6) is 5.75 Å². The molecule has 2 rings (SSSR count). The lowest BCUT2D eigenvalue weighted by Crippen LogP contribution is -2.28. The standard InChI is InChI=1S/C19H24ClN3O6S2/c1-22(2)31(27,28)16-8-6-15(7-9-16)29-12-11-21-19(24)17-10-5-14(13-18(17)20)23(3)30(4,25)26/h5-10,13H,11-12H2,1-4H3,(H,21,24). The Morgan fingerprint density at radius 2 is 1.65 bits per heavy atom. The normalized spacial score (nSPS) is 11.9. The molecule has 31 heavy (non-hydrogen) atoms. The minimum Gasteiger partial charge on any atom is -0.492 e. The summed E-state index contributed by atoms with van der Waals surface area (Å²) in [5.74, 6) is 0.0211. The number of sulfonamides is 2. The predicted molar refractivity (Wildman–Crippen MR) is 120 cm³/mol. The van der Waals surface area contributed by atoms with Gasteiger partial charge in [-0.2, -0.15) is 0 Å². The van der Waals surface area contributed by atoms with Gasteiger partial charge in [-0.05, 0) is 42.5 Å². The highest BCUT2D eigenvalue weighted by Crippen LogP contribution is 2.24. The van der Waals surface area contributed by atoms with E-state index in [0.29, 0.717) is 11.4 Å². The van der Waals surface area contributed by atoms with Crippen LogP contribution in [0.2, 0.25) is 5.02 Å². The Morgan fingerprint density at radius 3 is 2.16 bits per heavy atom. The van der Waals surface area contributed by atoms with Crippen molar-refractivity contribution in [2.45, 2.75) is 4.90 Å². The minimum absolute atomic E-state index is 0.115. The molecular formula is C19H24ClN3O6S2. The molecule has 0 aliphatic carbocycles. The molecule has 0 unspecified atom stereocenters. The first kappa shape index (κ1) is 24.9. The Bertz CT molecular complexity index is 1150. The Morgan fingerprint density at radius 1 is 1.03 bits per heavy atom. The minimum atomic E-state index is -3.51. The number of halogens is 1. The maximum atomic E-state index is 12.3. The highest BCUT2D eigenvalue weighted by Gasteiger charge is 2.17. The van der Waals surface area contributed by atoms with E-state index in [9.17, 15) is 21.6 Å². The molecule has 0 fully saturated rings. The van der Waals surface area contributed by atoms with E-state index in [2.05, 4.69) is 5.32 Å². The van der Waals surface area contributed by atoms with Gasteiger partial charge in [0, 0.05) is 21.1 Å². The number of anilines is 1. The molecule has 0 saturated carbocycles. The second-order valence-electron chi connectivity index (χ2n) is 6.76. The average molecular weight is 490 g/mol. The van der Waals surface area contributed by atoms with Crippen LogP contribution in [-0.4, -0.2) is 67.6 Å². The summed E-state index contributed by atoms with van der Waals surface area (Å²) in [5.41, 5.74) is 0.540. The van der Waals surface area contributed by atoms with Crippen LogP contribution in [0.3, 0.4) is 0 Å². The first-order chi connectivity index (χ1) is 14.3. The number of carbonyl (C=O) groups excluding carboxylic acids is 1. The van der Waals surface area contributed by atoms with Crippen molar-refractivity contribution < 1.29 is 26.4 Å². The predicted octanol–water partition coefficient (Wildman–Crippen LogP) is 1.79. The van der Waals surface area contributed by atoms with Gasteiger partial charge < -0.3 is 10.1 Å². The monoisotopic (exact) mass is 489 g/mol. The number of hydrogen-bond acceptors (Lipinski definition) is 6. The molecule has 12 heteroatoms. The van der Waals surface area contributed by atoms with Crippen LogP contribution in [0.15, 0.2) is 47.4 Å². The van der Waals surface area contributed by atoms with Crippen LogP contribution in [0.4, 0.5) is 5.69 Å². The Balaban J connectivity index is 1.91. The SMILES string of the molecule is CN(c1ccc(C(=O)NCCOc2ccc(S(=O)(=O)N(C)C)cc2)c(Cl)c1)S(C)(=O)=O. The Labute approximate surface area is 187 Å². The van der Waals surface area contributed by atoms with Gasteiger partial charge in [-0.1, -0.05) is 11.6 Å². The van der Waals surface area contributed by atoms with E-state index in [1.807, 2.05) is 0 Å². The molecule has 2 aromatic rings. The van der Waals surface area contributed by atoms with E-state index < -0.39 is 26.0 Å². The number of amides is 1. The maximum Gasteiger partial charge on any atom is 0.252 e. The van der Waals surface area contributed by atoms with Gasteiger partial charge in [0.25, 0.3) is 5.91 Å². The lowest BCUT2D eigenvalue weighted by atomic mass is 10.2. The molecule has 0 bridgehead atoms. The van der Waals surface area contributed by atoms with E-state index >= 15 is 0 Å². The van der Waals surface area contributed by atoms with Gasteiger partial charge in [0.05, 0.1) is 34.0 Å². The van der Waals surface area contributed by atoms with Crippen molar-refractivity contribution in [3.8, 4) is 5.75 Å². The quantitative estimate of drug-likeness (QED) is 0.537. The summed E-state index contributed by atoms with van der Waals surface area (Å²) in [5, 5.41) is 2.77. The van der Waals surface area contributed by atoms with Crippen molar-refractivity contribution in [2.24, 2.45) is 0 Å². The molecule has 0 saturated heterocycles. The number of benzene rings is 2.